The normalized spacial score (nSPS) is 11.9. The summed E-state index contributed by atoms with van der Waals surface area (Å²) in [6, 6.07) is 80.3. The van der Waals surface area contributed by atoms with Crippen molar-refractivity contribution < 1.29 is 0 Å². The Hall–Kier alpha value is -8.20. The lowest BCUT2D eigenvalue weighted by atomic mass is 9.80. The SMILES string of the molecule is c1ccc(-c2cccc(-c3c(-c4ccccc4)ccc4c3[nH]c3ccccc34)c2-c2c(-c3cccc4c5ccccc5c5ccccc5c34)ccc3c2[nH]c2ccccc23)cc1. The molecule has 2 nitrogen and oxygen atoms in total. The van der Waals surface area contributed by atoms with Gasteiger partial charge in [-0.05, 0) is 83.4 Å². The van der Waals surface area contributed by atoms with Gasteiger partial charge in [-0.2, -0.15) is 0 Å². The van der Waals surface area contributed by atoms with Gasteiger partial charge in [0.15, 0.2) is 0 Å². The first-order chi connectivity index (χ1) is 30.8. The van der Waals surface area contributed by atoms with Crippen LogP contribution in [0.2, 0.25) is 0 Å². The average Bonchev–Trinajstić information content (AvgIpc) is 3.92. The third-order valence-corrected chi connectivity index (χ3v) is 13.2. The van der Waals surface area contributed by atoms with E-state index < -0.39 is 0 Å². The fraction of sp³-hybridized carbons (Fsp3) is 0. The van der Waals surface area contributed by atoms with E-state index in [9.17, 15) is 0 Å². The lowest BCUT2D eigenvalue weighted by Gasteiger charge is -2.23. The number of aromatic amines is 2. The Kier molecular flexibility index (Phi) is 7.64. The molecular formula is C60H38N2. The summed E-state index contributed by atoms with van der Waals surface area (Å²) in [6.45, 7) is 0. The highest BCUT2D eigenvalue weighted by Crippen LogP contribution is 2.52. The maximum atomic E-state index is 4.02. The highest BCUT2D eigenvalue weighted by atomic mass is 14.7. The molecule has 62 heavy (non-hydrogen) atoms. The molecule has 0 aliphatic heterocycles. The quantitative estimate of drug-likeness (QED) is 0.163. The van der Waals surface area contributed by atoms with Crippen LogP contribution >= 0.6 is 0 Å². The molecule has 2 N–H and O–H groups in total. The highest BCUT2D eigenvalue weighted by Gasteiger charge is 2.26. The molecule has 2 heterocycles. The van der Waals surface area contributed by atoms with Gasteiger partial charge in [-0.15, -0.1) is 0 Å². The maximum Gasteiger partial charge on any atom is 0.0551 e. The van der Waals surface area contributed by atoms with Crippen molar-refractivity contribution >= 4 is 75.9 Å². The van der Waals surface area contributed by atoms with Gasteiger partial charge < -0.3 is 9.97 Å². The summed E-state index contributed by atoms with van der Waals surface area (Å²) in [4.78, 5) is 7.98. The van der Waals surface area contributed by atoms with Gasteiger partial charge >= 0.3 is 0 Å². The second-order valence-corrected chi connectivity index (χ2v) is 16.4. The van der Waals surface area contributed by atoms with Crippen molar-refractivity contribution in [3.8, 4) is 55.6 Å². The molecule has 2 heteroatoms. The van der Waals surface area contributed by atoms with Gasteiger partial charge in [-0.3, -0.25) is 0 Å². The number of hydrogen-bond acceptors (Lipinski definition) is 0. The minimum absolute atomic E-state index is 1.12. The summed E-state index contributed by atoms with van der Waals surface area (Å²) in [5, 5.41) is 12.4. The van der Waals surface area contributed by atoms with E-state index in [4.69, 9.17) is 0 Å². The van der Waals surface area contributed by atoms with Gasteiger partial charge in [0.25, 0.3) is 0 Å². The van der Waals surface area contributed by atoms with Gasteiger partial charge in [-0.25, -0.2) is 0 Å². The molecule has 0 radical (unpaired) electrons. The standard InChI is InChI=1S/C60H38N2/c1-3-17-37(18-4-1)39-27-15-30-52(57-40(38-19-5-2-6-20-38)33-35-50-44-24-11-13-31-53(44)61-59(50)57)56(39)58-49(34-36-51-45-25-12-14-32-54(45)62-60(51)58)48-29-16-28-47-43-22-8-7-21-41(43)42-23-9-10-26-46(42)55(47)48/h1-36,61-62H. The Labute approximate surface area is 358 Å². The van der Waals surface area contributed by atoms with Crippen LogP contribution in [0, 0.1) is 0 Å². The van der Waals surface area contributed by atoms with Crippen LogP contribution in [-0.2, 0) is 0 Å². The molecule has 2 aromatic heterocycles. The number of hydrogen-bond donors (Lipinski definition) is 2. The smallest absolute Gasteiger partial charge is 0.0551 e. The first-order valence-electron chi connectivity index (χ1n) is 21.4. The Morgan fingerprint density at radius 1 is 0.210 bits per heavy atom. The summed E-state index contributed by atoms with van der Waals surface area (Å²) < 4.78 is 0. The molecule has 288 valence electrons. The monoisotopic (exact) mass is 786 g/mol. The minimum Gasteiger partial charge on any atom is -0.354 e. The lowest BCUT2D eigenvalue weighted by Crippen LogP contribution is -1.97. The fourth-order valence-electron chi connectivity index (χ4n) is 10.5. The average molecular weight is 787 g/mol. The van der Waals surface area contributed by atoms with Crippen LogP contribution < -0.4 is 0 Å². The van der Waals surface area contributed by atoms with Gasteiger partial charge in [0.2, 0.25) is 0 Å². The molecule has 0 unspecified atom stereocenters. The molecule has 0 amide bonds. The molecule has 0 bridgehead atoms. The molecular weight excluding hydrogens is 749 g/mol. The van der Waals surface area contributed by atoms with Crippen molar-refractivity contribution in [3.63, 3.8) is 0 Å². The van der Waals surface area contributed by atoms with Crippen LogP contribution in [0.15, 0.2) is 218 Å². The van der Waals surface area contributed by atoms with E-state index in [2.05, 4.69) is 228 Å². The number of aromatic nitrogens is 2. The van der Waals surface area contributed by atoms with Crippen LogP contribution in [0.5, 0.6) is 0 Å². The molecule has 0 aliphatic carbocycles. The molecule has 0 atom stereocenters. The minimum atomic E-state index is 1.12. The zero-order valence-corrected chi connectivity index (χ0v) is 33.8. The van der Waals surface area contributed by atoms with Crippen molar-refractivity contribution in [2.75, 3.05) is 0 Å². The van der Waals surface area contributed by atoms with Crippen LogP contribution in [0.1, 0.15) is 0 Å². The van der Waals surface area contributed by atoms with Crippen LogP contribution in [0.25, 0.3) is 132 Å². The van der Waals surface area contributed by atoms with Crippen molar-refractivity contribution in [2.24, 2.45) is 0 Å². The summed E-state index contributed by atoms with van der Waals surface area (Å²) in [5.74, 6) is 0. The molecule has 0 saturated heterocycles. The van der Waals surface area contributed by atoms with E-state index in [0.29, 0.717) is 0 Å². The number of H-pyrrole nitrogens is 2. The van der Waals surface area contributed by atoms with Crippen LogP contribution in [0.3, 0.4) is 0 Å². The summed E-state index contributed by atoms with van der Waals surface area (Å²) in [7, 11) is 0. The van der Waals surface area contributed by atoms with Crippen LogP contribution in [0.4, 0.5) is 0 Å². The predicted octanol–water partition coefficient (Wildman–Crippen LogP) is 16.8. The second-order valence-electron chi connectivity index (χ2n) is 16.4. The van der Waals surface area contributed by atoms with E-state index in [0.717, 1.165) is 22.1 Å². The third kappa shape index (κ3) is 5.11. The predicted molar refractivity (Wildman–Crippen MR) is 265 cm³/mol. The fourth-order valence-corrected chi connectivity index (χ4v) is 10.5. The molecule has 11 aromatic carbocycles. The Balaban J connectivity index is 1.25. The van der Waals surface area contributed by atoms with E-state index in [1.54, 1.807) is 0 Å². The van der Waals surface area contributed by atoms with E-state index in [-0.39, 0.29) is 0 Å². The zero-order valence-electron chi connectivity index (χ0n) is 33.8. The number of rotatable bonds is 5. The number of nitrogens with one attached hydrogen (secondary N) is 2. The summed E-state index contributed by atoms with van der Waals surface area (Å²) >= 11 is 0. The molecule has 13 rings (SSSR count). The summed E-state index contributed by atoms with van der Waals surface area (Å²) in [6.07, 6.45) is 0. The Morgan fingerprint density at radius 3 is 1.21 bits per heavy atom. The molecule has 0 aliphatic rings. The number of benzene rings is 11. The second kappa shape index (κ2) is 13.7. The maximum absolute atomic E-state index is 4.02. The molecule has 0 saturated carbocycles. The van der Waals surface area contributed by atoms with Crippen LogP contribution in [-0.4, -0.2) is 9.97 Å². The van der Waals surface area contributed by atoms with E-state index in [1.807, 2.05) is 0 Å². The lowest BCUT2D eigenvalue weighted by molar-refractivity contribution is 1.51. The van der Waals surface area contributed by atoms with E-state index >= 15 is 0 Å². The highest BCUT2D eigenvalue weighted by molar-refractivity contribution is 6.30. The van der Waals surface area contributed by atoms with Gasteiger partial charge in [0.1, 0.15) is 0 Å². The largest absolute Gasteiger partial charge is 0.354 e. The van der Waals surface area contributed by atoms with Crippen molar-refractivity contribution in [1.29, 1.82) is 0 Å². The Morgan fingerprint density at radius 2 is 0.613 bits per heavy atom. The molecule has 0 spiro atoms. The molecule has 13 aromatic rings. The Bertz CT molecular complexity index is 3860. The van der Waals surface area contributed by atoms with Crippen molar-refractivity contribution in [2.45, 2.75) is 0 Å². The van der Waals surface area contributed by atoms with Gasteiger partial charge in [-0.1, -0.05) is 206 Å². The van der Waals surface area contributed by atoms with E-state index in [1.165, 1.54) is 109 Å². The van der Waals surface area contributed by atoms with Crippen molar-refractivity contribution in [1.82, 2.24) is 9.97 Å². The number of para-hydroxylation sites is 2. The first-order valence-corrected chi connectivity index (χ1v) is 21.4. The van der Waals surface area contributed by atoms with Gasteiger partial charge in [0, 0.05) is 49.3 Å². The van der Waals surface area contributed by atoms with Crippen molar-refractivity contribution in [3.05, 3.63) is 218 Å². The molecule has 0 fully saturated rings. The van der Waals surface area contributed by atoms with Gasteiger partial charge in [0.05, 0.1) is 11.0 Å². The topological polar surface area (TPSA) is 31.6 Å². The number of fused-ring (bicyclic) bond motifs is 12. The first kappa shape index (κ1) is 34.6. The zero-order chi connectivity index (χ0) is 40.7. The third-order valence-electron chi connectivity index (χ3n) is 13.2. The summed E-state index contributed by atoms with van der Waals surface area (Å²) in [5.41, 5.74) is 16.3.